The van der Waals surface area contributed by atoms with Crippen LogP contribution in [0.5, 0.6) is 0 Å². The van der Waals surface area contributed by atoms with Gasteiger partial charge in [0.15, 0.2) is 0 Å². The van der Waals surface area contributed by atoms with Gasteiger partial charge in [0, 0.05) is 19.0 Å². The molecular weight excluding hydrogens is 230 g/mol. The predicted octanol–water partition coefficient (Wildman–Crippen LogP) is 0.0984. The first-order chi connectivity index (χ1) is 8.69. The molecule has 5 heteroatoms. The van der Waals surface area contributed by atoms with E-state index in [2.05, 4.69) is 5.32 Å². The maximum Gasteiger partial charge on any atom is 0.242 e. The smallest absolute Gasteiger partial charge is 0.242 e. The van der Waals surface area contributed by atoms with E-state index in [4.69, 9.17) is 5.73 Å². The van der Waals surface area contributed by atoms with Crippen molar-refractivity contribution in [1.82, 2.24) is 10.2 Å². The van der Waals surface area contributed by atoms with Crippen molar-refractivity contribution >= 4 is 11.8 Å². The Morgan fingerprint density at radius 1 is 1.50 bits per heavy atom. The van der Waals surface area contributed by atoms with Gasteiger partial charge in [0.25, 0.3) is 0 Å². The molecule has 0 bridgehead atoms. The highest BCUT2D eigenvalue weighted by Gasteiger charge is 2.39. The van der Waals surface area contributed by atoms with Gasteiger partial charge in [-0.2, -0.15) is 0 Å². The lowest BCUT2D eigenvalue weighted by molar-refractivity contribution is -0.147. The number of rotatable bonds is 3. The van der Waals surface area contributed by atoms with Crippen LogP contribution in [-0.2, 0) is 9.59 Å². The fraction of sp³-hybridized carbons (Fsp3) is 0.846. The highest BCUT2D eigenvalue weighted by molar-refractivity contribution is 5.89. The monoisotopic (exact) mass is 253 g/mol. The average molecular weight is 253 g/mol. The molecule has 18 heavy (non-hydrogen) atoms. The zero-order valence-corrected chi connectivity index (χ0v) is 11.0. The third kappa shape index (κ3) is 2.36. The third-order valence-corrected chi connectivity index (χ3v) is 4.28. The number of hydrogen-bond donors (Lipinski definition) is 2. The lowest BCUT2D eigenvalue weighted by Crippen LogP contribution is -2.58. The van der Waals surface area contributed by atoms with Gasteiger partial charge in [0.2, 0.25) is 11.8 Å². The Bertz CT molecular complexity index is 332. The van der Waals surface area contributed by atoms with Crippen LogP contribution in [0.15, 0.2) is 0 Å². The van der Waals surface area contributed by atoms with E-state index in [-0.39, 0.29) is 23.8 Å². The quantitative estimate of drug-likeness (QED) is 0.749. The van der Waals surface area contributed by atoms with Gasteiger partial charge in [0.1, 0.15) is 6.04 Å². The highest BCUT2D eigenvalue weighted by Crippen LogP contribution is 2.33. The maximum absolute atomic E-state index is 12.6. The van der Waals surface area contributed by atoms with Crippen LogP contribution in [0.4, 0.5) is 0 Å². The molecule has 2 rings (SSSR count). The van der Waals surface area contributed by atoms with Gasteiger partial charge in [-0.1, -0.05) is 13.3 Å². The summed E-state index contributed by atoms with van der Waals surface area (Å²) in [5.41, 5.74) is 5.74. The Morgan fingerprint density at radius 3 is 2.94 bits per heavy atom. The molecule has 5 nitrogen and oxygen atoms in total. The number of carbonyl (C=O) groups is 2. The van der Waals surface area contributed by atoms with E-state index in [1.807, 2.05) is 6.92 Å². The molecule has 0 aromatic rings. The molecule has 2 fully saturated rings. The second-order valence-electron chi connectivity index (χ2n) is 5.28. The van der Waals surface area contributed by atoms with E-state index in [1.54, 1.807) is 4.90 Å². The van der Waals surface area contributed by atoms with Crippen LogP contribution >= 0.6 is 0 Å². The van der Waals surface area contributed by atoms with Crippen molar-refractivity contribution in [3.8, 4) is 0 Å². The summed E-state index contributed by atoms with van der Waals surface area (Å²) in [5.74, 6) is 0.471. The topological polar surface area (TPSA) is 75.4 Å². The minimum Gasteiger partial charge on any atom is -0.353 e. The molecule has 1 aliphatic heterocycles. The number of piperazine rings is 1. The van der Waals surface area contributed by atoms with E-state index < -0.39 is 0 Å². The molecule has 1 heterocycles. The van der Waals surface area contributed by atoms with Crippen LogP contribution in [0.25, 0.3) is 0 Å². The second kappa shape index (κ2) is 5.69. The minimum atomic E-state index is -0.287. The molecule has 3 N–H and O–H groups in total. The fourth-order valence-corrected chi connectivity index (χ4v) is 3.24. The summed E-state index contributed by atoms with van der Waals surface area (Å²) in [6.07, 6.45) is 3.73. The SMILES string of the molecule is CCC1C(=O)NCCN1C(=O)[C@@H]1CCC[C@@H]1CN. The van der Waals surface area contributed by atoms with Gasteiger partial charge in [-0.3, -0.25) is 9.59 Å². The summed E-state index contributed by atoms with van der Waals surface area (Å²) in [7, 11) is 0. The molecule has 1 saturated carbocycles. The number of nitrogens with two attached hydrogens (primary N) is 1. The van der Waals surface area contributed by atoms with Gasteiger partial charge in [0.05, 0.1) is 0 Å². The fourth-order valence-electron chi connectivity index (χ4n) is 3.24. The molecule has 102 valence electrons. The van der Waals surface area contributed by atoms with E-state index in [9.17, 15) is 9.59 Å². The number of hydrogen-bond acceptors (Lipinski definition) is 3. The first-order valence-corrected chi connectivity index (χ1v) is 6.97. The van der Waals surface area contributed by atoms with Crippen LogP contribution < -0.4 is 11.1 Å². The summed E-state index contributed by atoms with van der Waals surface area (Å²) in [5, 5.41) is 2.83. The Kier molecular flexibility index (Phi) is 4.22. The summed E-state index contributed by atoms with van der Waals surface area (Å²) in [4.78, 5) is 26.1. The van der Waals surface area contributed by atoms with E-state index in [0.717, 1.165) is 19.3 Å². The molecule has 1 saturated heterocycles. The van der Waals surface area contributed by atoms with E-state index in [0.29, 0.717) is 32.0 Å². The molecule has 0 spiro atoms. The lowest BCUT2D eigenvalue weighted by Gasteiger charge is -2.37. The molecule has 1 unspecified atom stereocenters. The molecule has 2 aliphatic rings. The molecule has 2 amide bonds. The Hall–Kier alpha value is -1.10. The molecular formula is C13H23N3O2. The zero-order valence-electron chi connectivity index (χ0n) is 11.0. The number of amides is 2. The summed E-state index contributed by atoms with van der Waals surface area (Å²) < 4.78 is 0. The van der Waals surface area contributed by atoms with Crippen molar-refractivity contribution < 1.29 is 9.59 Å². The van der Waals surface area contributed by atoms with Gasteiger partial charge < -0.3 is 16.0 Å². The van der Waals surface area contributed by atoms with Crippen LogP contribution in [0.1, 0.15) is 32.6 Å². The highest BCUT2D eigenvalue weighted by atomic mass is 16.2. The predicted molar refractivity (Wildman–Crippen MR) is 68.7 cm³/mol. The number of carbonyl (C=O) groups excluding carboxylic acids is 2. The number of nitrogens with zero attached hydrogens (tertiary/aromatic N) is 1. The second-order valence-corrected chi connectivity index (χ2v) is 5.28. The van der Waals surface area contributed by atoms with Gasteiger partial charge in [-0.05, 0) is 31.7 Å². The van der Waals surface area contributed by atoms with Crippen molar-refractivity contribution in [1.29, 1.82) is 0 Å². The Labute approximate surface area is 108 Å². The van der Waals surface area contributed by atoms with Crippen molar-refractivity contribution in [2.45, 2.75) is 38.6 Å². The third-order valence-electron chi connectivity index (χ3n) is 4.28. The summed E-state index contributed by atoms with van der Waals surface area (Å²) in [6, 6.07) is -0.287. The van der Waals surface area contributed by atoms with Gasteiger partial charge >= 0.3 is 0 Å². The maximum atomic E-state index is 12.6. The van der Waals surface area contributed by atoms with Crippen molar-refractivity contribution in [2.75, 3.05) is 19.6 Å². The standard InChI is InChI=1S/C13H23N3O2/c1-2-11-12(17)15-6-7-16(11)13(18)10-5-3-4-9(10)8-14/h9-11H,2-8,14H2,1H3,(H,15,17)/t9-,10-,11?/m1/s1. The van der Waals surface area contributed by atoms with Crippen LogP contribution in [0.2, 0.25) is 0 Å². The average Bonchev–Trinajstić information content (AvgIpc) is 2.85. The first-order valence-electron chi connectivity index (χ1n) is 6.97. The molecule has 1 aliphatic carbocycles. The van der Waals surface area contributed by atoms with Gasteiger partial charge in [-0.25, -0.2) is 0 Å². The van der Waals surface area contributed by atoms with Crippen LogP contribution in [-0.4, -0.2) is 42.4 Å². The lowest BCUT2D eigenvalue weighted by atomic mass is 9.93. The van der Waals surface area contributed by atoms with Crippen molar-refractivity contribution in [2.24, 2.45) is 17.6 Å². The van der Waals surface area contributed by atoms with Crippen molar-refractivity contribution in [3.63, 3.8) is 0 Å². The molecule has 3 atom stereocenters. The molecule has 0 aromatic carbocycles. The summed E-state index contributed by atoms with van der Waals surface area (Å²) in [6.45, 7) is 3.73. The summed E-state index contributed by atoms with van der Waals surface area (Å²) >= 11 is 0. The minimum absolute atomic E-state index is 0.0144. The van der Waals surface area contributed by atoms with Crippen LogP contribution in [0, 0.1) is 11.8 Å². The normalized spacial score (nSPS) is 32.4. The number of nitrogens with one attached hydrogen (secondary N) is 1. The van der Waals surface area contributed by atoms with Crippen LogP contribution in [0.3, 0.4) is 0 Å². The van der Waals surface area contributed by atoms with Gasteiger partial charge in [-0.15, -0.1) is 0 Å². The van der Waals surface area contributed by atoms with E-state index in [1.165, 1.54) is 0 Å². The molecule has 0 aromatic heterocycles. The Balaban J connectivity index is 2.09. The first kappa shape index (κ1) is 13.3. The zero-order chi connectivity index (χ0) is 13.1. The molecule has 0 radical (unpaired) electrons. The largest absolute Gasteiger partial charge is 0.353 e. The van der Waals surface area contributed by atoms with E-state index >= 15 is 0 Å². The Morgan fingerprint density at radius 2 is 2.28 bits per heavy atom. The van der Waals surface area contributed by atoms with Crippen molar-refractivity contribution in [3.05, 3.63) is 0 Å².